The molecule has 0 fully saturated rings. The number of methoxy groups -OCH3 is 1. The fourth-order valence-electron chi connectivity index (χ4n) is 4.25. The summed E-state index contributed by atoms with van der Waals surface area (Å²) in [5.41, 5.74) is 1.37. The summed E-state index contributed by atoms with van der Waals surface area (Å²) in [6.07, 6.45) is 3.49. The van der Waals surface area contributed by atoms with Crippen molar-refractivity contribution < 1.29 is 27.5 Å². The molecule has 1 amide bonds. The van der Waals surface area contributed by atoms with Gasteiger partial charge in [-0.15, -0.1) is 11.3 Å². The van der Waals surface area contributed by atoms with Crippen molar-refractivity contribution in [1.29, 1.82) is 0 Å². The summed E-state index contributed by atoms with van der Waals surface area (Å²) in [5, 5.41) is 3.43. The highest BCUT2D eigenvalue weighted by molar-refractivity contribution is 7.92. The van der Waals surface area contributed by atoms with Gasteiger partial charge in [-0.3, -0.25) is 9.10 Å². The van der Waals surface area contributed by atoms with Crippen LogP contribution in [0.5, 0.6) is 5.75 Å². The Balaban J connectivity index is 1.72. The second kappa shape index (κ2) is 11.5. The van der Waals surface area contributed by atoms with Crippen molar-refractivity contribution in [1.82, 2.24) is 0 Å². The topological polar surface area (TPSA) is 102 Å². The molecule has 1 aliphatic carbocycles. The number of aryl methyl sites for hydroxylation is 1. The predicted molar refractivity (Wildman–Crippen MR) is 145 cm³/mol. The molecular formula is C26H27ClN2O6S2. The van der Waals surface area contributed by atoms with Gasteiger partial charge in [0.25, 0.3) is 10.0 Å². The number of benzene rings is 2. The van der Waals surface area contributed by atoms with Gasteiger partial charge in [-0.05, 0) is 68.5 Å². The van der Waals surface area contributed by atoms with Gasteiger partial charge in [0, 0.05) is 9.90 Å². The number of thiophene rings is 1. The second-order valence-electron chi connectivity index (χ2n) is 8.32. The van der Waals surface area contributed by atoms with E-state index in [4.69, 9.17) is 21.1 Å². The van der Waals surface area contributed by atoms with Crippen LogP contribution in [0.15, 0.2) is 53.4 Å². The largest absolute Gasteiger partial charge is 0.495 e. The van der Waals surface area contributed by atoms with Crippen LogP contribution in [0.3, 0.4) is 0 Å². The lowest BCUT2D eigenvalue weighted by Crippen LogP contribution is -2.38. The van der Waals surface area contributed by atoms with E-state index in [0.29, 0.717) is 10.6 Å². The van der Waals surface area contributed by atoms with E-state index < -0.39 is 28.4 Å². The fourth-order valence-corrected chi connectivity index (χ4v) is 7.15. The van der Waals surface area contributed by atoms with E-state index in [1.165, 1.54) is 42.7 Å². The first kappa shape index (κ1) is 27.0. The molecule has 0 radical (unpaired) electrons. The molecule has 2 aromatic carbocycles. The highest BCUT2D eigenvalue weighted by Gasteiger charge is 2.32. The van der Waals surface area contributed by atoms with Crippen molar-refractivity contribution in [2.45, 2.75) is 37.5 Å². The van der Waals surface area contributed by atoms with Crippen molar-refractivity contribution in [2.24, 2.45) is 0 Å². The smallest absolute Gasteiger partial charge is 0.341 e. The summed E-state index contributed by atoms with van der Waals surface area (Å²) in [6.45, 7) is 1.35. The number of carbonyl (C=O) groups is 2. The van der Waals surface area contributed by atoms with E-state index in [2.05, 4.69) is 5.32 Å². The summed E-state index contributed by atoms with van der Waals surface area (Å²) in [6, 6.07) is 12.3. The lowest BCUT2D eigenvalue weighted by atomic mass is 9.95. The molecule has 8 nitrogen and oxygen atoms in total. The van der Waals surface area contributed by atoms with E-state index in [1.807, 2.05) is 0 Å². The van der Waals surface area contributed by atoms with E-state index in [1.54, 1.807) is 31.2 Å². The molecule has 0 unspecified atom stereocenters. The fraction of sp³-hybridized carbons (Fsp3) is 0.308. The van der Waals surface area contributed by atoms with Crippen molar-refractivity contribution in [3.8, 4) is 5.75 Å². The van der Waals surface area contributed by atoms with Crippen molar-refractivity contribution in [3.63, 3.8) is 0 Å². The second-order valence-corrected chi connectivity index (χ2v) is 11.7. The van der Waals surface area contributed by atoms with Gasteiger partial charge in [-0.25, -0.2) is 13.2 Å². The maximum absolute atomic E-state index is 13.7. The molecule has 0 spiro atoms. The summed E-state index contributed by atoms with van der Waals surface area (Å²) >= 11 is 7.53. The molecular weight excluding hydrogens is 536 g/mol. The highest BCUT2D eigenvalue weighted by atomic mass is 35.5. The zero-order valence-electron chi connectivity index (χ0n) is 20.5. The van der Waals surface area contributed by atoms with Crippen LogP contribution < -0.4 is 14.4 Å². The number of rotatable bonds is 9. The number of fused-ring (bicyclic) bond motifs is 1. The average molecular weight is 563 g/mol. The molecule has 1 aromatic heterocycles. The molecule has 1 N–H and O–H groups in total. The molecule has 37 heavy (non-hydrogen) atoms. The van der Waals surface area contributed by atoms with E-state index in [9.17, 15) is 18.0 Å². The number of nitrogens with zero attached hydrogens (tertiary/aromatic N) is 1. The van der Waals surface area contributed by atoms with Crippen molar-refractivity contribution >= 4 is 55.5 Å². The first-order valence-electron chi connectivity index (χ1n) is 11.8. The first-order valence-corrected chi connectivity index (χ1v) is 14.4. The summed E-state index contributed by atoms with van der Waals surface area (Å²) in [5.74, 6) is -0.885. The molecule has 0 saturated heterocycles. The van der Waals surface area contributed by atoms with Crippen molar-refractivity contribution in [2.75, 3.05) is 29.9 Å². The number of carbonyl (C=O) groups excluding carboxylic acids is 2. The predicted octanol–water partition coefficient (Wildman–Crippen LogP) is 5.30. The van der Waals surface area contributed by atoms with Crippen LogP contribution in [-0.4, -0.2) is 40.6 Å². The average Bonchev–Trinajstić information content (AvgIpc) is 3.25. The first-order chi connectivity index (χ1) is 17.8. The normalized spacial score (nSPS) is 12.9. The highest BCUT2D eigenvalue weighted by Crippen LogP contribution is 2.39. The lowest BCUT2D eigenvalue weighted by Gasteiger charge is -2.25. The van der Waals surface area contributed by atoms with Crippen LogP contribution in [0, 0.1) is 0 Å². The minimum Gasteiger partial charge on any atom is -0.495 e. The third-order valence-corrected chi connectivity index (χ3v) is 9.15. The SMILES string of the molecule is CCOC(=O)c1c(NC(=O)CN(c2cc(Cl)ccc2OC)S(=O)(=O)c2ccccc2)sc2c1CCCC2. The van der Waals surface area contributed by atoms with Crippen LogP contribution in [-0.2, 0) is 32.4 Å². The van der Waals surface area contributed by atoms with Crippen LogP contribution in [0.25, 0.3) is 0 Å². The number of sulfonamides is 1. The maximum atomic E-state index is 13.7. The van der Waals surface area contributed by atoms with E-state index in [-0.39, 0.29) is 28.0 Å². The minimum absolute atomic E-state index is 0.00336. The standard InChI is InChI=1S/C26H27ClN2O6S2/c1-3-35-26(31)24-19-11-7-8-12-22(19)36-25(24)28-23(30)16-29(20-15-17(27)13-14-21(20)34-2)37(32,33)18-9-5-4-6-10-18/h4-6,9-10,13-15H,3,7-8,11-12,16H2,1-2H3,(H,28,30). The Morgan fingerprint density at radius 2 is 1.84 bits per heavy atom. The van der Waals surface area contributed by atoms with Gasteiger partial charge >= 0.3 is 5.97 Å². The Bertz CT molecular complexity index is 1410. The van der Waals surface area contributed by atoms with Gasteiger partial charge in [0.2, 0.25) is 5.91 Å². The van der Waals surface area contributed by atoms with Crippen LogP contribution >= 0.6 is 22.9 Å². The van der Waals surface area contributed by atoms with Crippen LogP contribution in [0.4, 0.5) is 10.7 Å². The lowest BCUT2D eigenvalue weighted by molar-refractivity contribution is -0.114. The molecule has 196 valence electrons. The number of hydrogen-bond donors (Lipinski definition) is 1. The van der Waals surface area contributed by atoms with Crippen LogP contribution in [0.1, 0.15) is 40.6 Å². The number of esters is 1. The van der Waals surface area contributed by atoms with Gasteiger partial charge in [0.05, 0.1) is 29.9 Å². The molecule has 1 heterocycles. The zero-order chi connectivity index (χ0) is 26.6. The minimum atomic E-state index is -4.18. The molecule has 3 aromatic rings. The van der Waals surface area contributed by atoms with Gasteiger partial charge in [-0.2, -0.15) is 0 Å². The molecule has 0 atom stereocenters. The van der Waals surface area contributed by atoms with Gasteiger partial charge < -0.3 is 14.8 Å². The summed E-state index contributed by atoms with van der Waals surface area (Å²) < 4.78 is 39.0. The van der Waals surface area contributed by atoms with Gasteiger partial charge in [-0.1, -0.05) is 29.8 Å². The monoisotopic (exact) mass is 562 g/mol. The Hall–Kier alpha value is -3.08. The third-order valence-electron chi connectivity index (χ3n) is 5.93. The Morgan fingerprint density at radius 3 is 2.54 bits per heavy atom. The number of halogens is 1. The molecule has 0 aliphatic heterocycles. The summed E-state index contributed by atoms with van der Waals surface area (Å²) in [7, 11) is -2.78. The Labute approximate surface area is 225 Å². The van der Waals surface area contributed by atoms with Crippen LogP contribution in [0.2, 0.25) is 5.02 Å². The third kappa shape index (κ3) is 5.76. The zero-order valence-corrected chi connectivity index (χ0v) is 22.8. The van der Waals surface area contributed by atoms with Crippen molar-refractivity contribution in [3.05, 3.63) is 69.6 Å². The number of nitrogens with one attached hydrogen (secondary N) is 1. The Morgan fingerprint density at radius 1 is 1.11 bits per heavy atom. The maximum Gasteiger partial charge on any atom is 0.341 e. The molecule has 11 heteroatoms. The number of anilines is 2. The number of hydrogen-bond acceptors (Lipinski definition) is 7. The molecule has 1 aliphatic rings. The number of ether oxygens (including phenoxy) is 2. The van der Waals surface area contributed by atoms with E-state index >= 15 is 0 Å². The summed E-state index contributed by atoms with van der Waals surface area (Å²) in [4.78, 5) is 27.2. The quantitative estimate of drug-likeness (QED) is 0.355. The molecule has 4 rings (SSSR count). The number of amides is 1. The molecule has 0 bridgehead atoms. The Kier molecular flexibility index (Phi) is 8.41. The molecule has 0 saturated carbocycles. The van der Waals surface area contributed by atoms with Gasteiger partial charge in [0.15, 0.2) is 0 Å². The van der Waals surface area contributed by atoms with Gasteiger partial charge in [0.1, 0.15) is 17.3 Å². The van der Waals surface area contributed by atoms with E-state index in [0.717, 1.165) is 40.4 Å².